The van der Waals surface area contributed by atoms with E-state index in [9.17, 15) is 9.50 Å². The first-order valence-electron chi connectivity index (χ1n) is 10.3. The number of nitrogens with zero attached hydrogens (tertiary/aromatic N) is 5. The van der Waals surface area contributed by atoms with Gasteiger partial charge in [-0.25, -0.2) is 9.37 Å². The largest absolute Gasteiger partial charge is 0.507 e. The standard InChI is InChI=1S/C22H28FN7O/c1-21(2)9-16(19(23)22(3,4)29-21)26-20-24-11-17(27-28-20)15-7-6-13(8-18(15)31)14-10-25-30(5)12-14/h6-8,10-12,16,19,29,31H,9H2,1-5H3,(H,24,26,28)/t16-,19-/m0/s1. The molecular weight excluding hydrogens is 397 g/mol. The van der Waals surface area contributed by atoms with E-state index in [0.29, 0.717) is 17.7 Å². The molecule has 1 aromatic carbocycles. The molecule has 0 saturated carbocycles. The van der Waals surface area contributed by atoms with Gasteiger partial charge in [0.25, 0.3) is 0 Å². The summed E-state index contributed by atoms with van der Waals surface area (Å²) in [6, 6.07) is 4.87. The van der Waals surface area contributed by atoms with Crippen LogP contribution in [0.15, 0.2) is 36.8 Å². The molecule has 9 heteroatoms. The lowest BCUT2D eigenvalue weighted by atomic mass is 9.78. The van der Waals surface area contributed by atoms with Crippen molar-refractivity contribution in [3.8, 4) is 28.1 Å². The van der Waals surface area contributed by atoms with Crippen molar-refractivity contribution in [2.24, 2.45) is 7.05 Å². The Labute approximate surface area is 180 Å². The van der Waals surface area contributed by atoms with Crippen LogP contribution in [0.3, 0.4) is 0 Å². The average molecular weight is 426 g/mol. The second-order valence-corrected chi connectivity index (χ2v) is 9.39. The number of anilines is 1. The fourth-order valence-electron chi connectivity index (χ4n) is 4.40. The summed E-state index contributed by atoms with van der Waals surface area (Å²) in [5.41, 5.74) is 1.81. The number of nitrogens with one attached hydrogen (secondary N) is 2. The molecule has 1 saturated heterocycles. The zero-order valence-electron chi connectivity index (χ0n) is 18.4. The van der Waals surface area contributed by atoms with E-state index < -0.39 is 17.8 Å². The zero-order valence-corrected chi connectivity index (χ0v) is 18.4. The van der Waals surface area contributed by atoms with E-state index in [1.165, 1.54) is 6.20 Å². The third-order valence-corrected chi connectivity index (χ3v) is 5.62. The number of aromatic nitrogens is 5. The maximum atomic E-state index is 15.0. The molecule has 0 radical (unpaired) electrons. The molecule has 0 spiro atoms. The summed E-state index contributed by atoms with van der Waals surface area (Å²) in [5.74, 6) is 0.334. The summed E-state index contributed by atoms with van der Waals surface area (Å²) in [5, 5.41) is 29.4. The van der Waals surface area contributed by atoms with Gasteiger partial charge in [-0.1, -0.05) is 6.07 Å². The number of alkyl halides is 1. The lowest BCUT2D eigenvalue weighted by Gasteiger charge is -2.48. The van der Waals surface area contributed by atoms with Crippen molar-refractivity contribution in [3.05, 3.63) is 36.8 Å². The highest BCUT2D eigenvalue weighted by Crippen LogP contribution is 2.34. The van der Waals surface area contributed by atoms with Crippen LogP contribution in [0.5, 0.6) is 5.75 Å². The molecule has 31 heavy (non-hydrogen) atoms. The molecule has 0 amide bonds. The molecule has 164 valence electrons. The summed E-state index contributed by atoms with van der Waals surface area (Å²) in [6.07, 6.45) is 4.60. The second kappa shape index (κ2) is 7.56. The summed E-state index contributed by atoms with van der Waals surface area (Å²) in [6.45, 7) is 7.81. The fourth-order valence-corrected chi connectivity index (χ4v) is 4.40. The number of halogens is 1. The summed E-state index contributed by atoms with van der Waals surface area (Å²) >= 11 is 0. The monoisotopic (exact) mass is 425 g/mol. The maximum absolute atomic E-state index is 15.0. The molecule has 3 aromatic rings. The van der Waals surface area contributed by atoms with E-state index in [0.717, 1.165) is 11.1 Å². The van der Waals surface area contributed by atoms with Crippen molar-refractivity contribution in [2.75, 3.05) is 5.32 Å². The number of hydrogen-bond donors (Lipinski definition) is 3. The zero-order chi connectivity index (χ0) is 22.4. The van der Waals surface area contributed by atoms with Crippen LogP contribution in [0.2, 0.25) is 0 Å². The van der Waals surface area contributed by atoms with Crippen LogP contribution in [-0.2, 0) is 7.05 Å². The highest BCUT2D eigenvalue weighted by atomic mass is 19.1. The molecule has 1 aliphatic rings. The normalized spacial score (nSPS) is 22.3. The Morgan fingerprint density at radius 1 is 1.16 bits per heavy atom. The number of aromatic hydroxyl groups is 1. The predicted octanol–water partition coefficient (Wildman–Crippen LogP) is 3.31. The Bertz CT molecular complexity index is 1080. The topological polar surface area (TPSA) is 101 Å². The van der Waals surface area contributed by atoms with Gasteiger partial charge in [-0.05, 0) is 51.8 Å². The lowest BCUT2D eigenvalue weighted by molar-refractivity contribution is 0.0654. The van der Waals surface area contributed by atoms with Gasteiger partial charge in [-0.2, -0.15) is 5.10 Å². The van der Waals surface area contributed by atoms with Crippen LogP contribution >= 0.6 is 0 Å². The average Bonchev–Trinajstić information content (AvgIpc) is 3.12. The minimum atomic E-state index is -1.12. The Morgan fingerprint density at radius 3 is 2.55 bits per heavy atom. The van der Waals surface area contributed by atoms with Crippen LogP contribution in [0.4, 0.5) is 10.3 Å². The second-order valence-electron chi connectivity index (χ2n) is 9.39. The summed E-state index contributed by atoms with van der Waals surface area (Å²) in [4.78, 5) is 4.31. The van der Waals surface area contributed by atoms with E-state index in [2.05, 4.69) is 44.8 Å². The molecular formula is C22H28FN7O. The number of rotatable bonds is 4. The van der Waals surface area contributed by atoms with Crippen molar-refractivity contribution in [3.63, 3.8) is 0 Å². The van der Waals surface area contributed by atoms with E-state index in [1.807, 2.05) is 33.2 Å². The molecule has 1 fully saturated rings. The third kappa shape index (κ3) is 4.36. The number of phenols is 1. The SMILES string of the molecule is Cn1cc(-c2ccc(-c3cnc(N[C@H]4CC(C)(C)NC(C)(C)[C@H]4F)nn3)c(O)c2)cn1. The summed E-state index contributed by atoms with van der Waals surface area (Å²) in [7, 11) is 1.84. The van der Waals surface area contributed by atoms with Gasteiger partial charge < -0.3 is 15.7 Å². The van der Waals surface area contributed by atoms with E-state index >= 15 is 0 Å². The number of phenolic OH excluding ortho intramolecular Hbond substituents is 1. The van der Waals surface area contributed by atoms with Crippen LogP contribution in [0, 0.1) is 0 Å². The summed E-state index contributed by atoms with van der Waals surface area (Å²) < 4.78 is 16.7. The molecule has 4 rings (SSSR count). The van der Waals surface area contributed by atoms with Crippen LogP contribution < -0.4 is 10.6 Å². The molecule has 3 N–H and O–H groups in total. The molecule has 2 atom stereocenters. The number of hydrogen-bond acceptors (Lipinski definition) is 7. The van der Waals surface area contributed by atoms with Gasteiger partial charge in [0.15, 0.2) is 0 Å². The Kier molecular flexibility index (Phi) is 5.17. The Morgan fingerprint density at radius 2 is 1.94 bits per heavy atom. The predicted molar refractivity (Wildman–Crippen MR) is 117 cm³/mol. The van der Waals surface area contributed by atoms with Crippen LogP contribution in [0.25, 0.3) is 22.4 Å². The van der Waals surface area contributed by atoms with Crippen molar-refractivity contribution >= 4 is 5.95 Å². The van der Waals surface area contributed by atoms with Crippen LogP contribution in [0.1, 0.15) is 34.1 Å². The van der Waals surface area contributed by atoms with Gasteiger partial charge in [0.1, 0.15) is 17.6 Å². The Balaban J connectivity index is 1.52. The molecule has 2 aromatic heterocycles. The van der Waals surface area contributed by atoms with Gasteiger partial charge in [-0.3, -0.25) is 4.68 Å². The highest BCUT2D eigenvalue weighted by molar-refractivity contribution is 5.73. The molecule has 0 unspecified atom stereocenters. The highest BCUT2D eigenvalue weighted by Gasteiger charge is 2.46. The van der Waals surface area contributed by atoms with Crippen molar-refractivity contribution < 1.29 is 9.50 Å². The van der Waals surface area contributed by atoms with Crippen molar-refractivity contribution in [1.29, 1.82) is 0 Å². The minimum absolute atomic E-state index is 0.0730. The molecule has 0 aliphatic carbocycles. The maximum Gasteiger partial charge on any atom is 0.243 e. The quantitative estimate of drug-likeness (QED) is 0.589. The molecule has 0 bridgehead atoms. The fraction of sp³-hybridized carbons (Fsp3) is 0.455. The first kappa shape index (κ1) is 21.2. The van der Waals surface area contributed by atoms with Crippen molar-refractivity contribution in [1.82, 2.24) is 30.3 Å². The first-order valence-corrected chi connectivity index (χ1v) is 10.3. The van der Waals surface area contributed by atoms with Gasteiger partial charge in [-0.15, -0.1) is 10.2 Å². The van der Waals surface area contributed by atoms with Gasteiger partial charge in [0, 0.05) is 35.4 Å². The number of aryl methyl sites for hydroxylation is 1. The molecule has 3 heterocycles. The van der Waals surface area contributed by atoms with Crippen molar-refractivity contribution in [2.45, 2.75) is 57.4 Å². The van der Waals surface area contributed by atoms with Gasteiger partial charge in [0.05, 0.1) is 18.4 Å². The molecule has 8 nitrogen and oxygen atoms in total. The number of piperidine rings is 1. The lowest BCUT2D eigenvalue weighted by Crippen LogP contribution is -2.67. The minimum Gasteiger partial charge on any atom is -0.507 e. The third-order valence-electron chi connectivity index (χ3n) is 5.62. The van der Waals surface area contributed by atoms with Crippen LogP contribution in [-0.4, -0.2) is 53.4 Å². The first-order chi connectivity index (χ1) is 14.5. The van der Waals surface area contributed by atoms with Gasteiger partial charge in [0.2, 0.25) is 5.95 Å². The van der Waals surface area contributed by atoms with E-state index in [1.54, 1.807) is 23.0 Å². The molecule has 1 aliphatic heterocycles. The smallest absolute Gasteiger partial charge is 0.243 e. The Hall–Kier alpha value is -3.07. The van der Waals surface area contributed by atoms with Gasteiger partial charge >= 0.3 is 0 Å². The van der Waals surface area contributed by atoms with E-state index in [4.69, 9.17) is 0 Å². The number of benzene rings is 1. The van der Waals surface area contributed by atoms with E-state index in [-0.39, 0.29) is 17.2 Å².